The van der Waals surface area contributed by atoms with Crippen LogP contribution < -0.4 is 5.32 Å². The number of sulfonamides is 1. The number of furan rings is 1. The van der Waals surface area contributed by atoms with Gasteiger partial charge in [-0.2, -0.15) is 4.31 Å². The average molecular weight is 432 g/mol. The highest BCUT2D eigenvalue weighted by molar-refractivity contribution is 7.89. The molecule has 0 bridgehead atoms. The molecule has 152 valence electrons. The molecule has 0 aliphatic carbocycles. The number of rotatable bonds is 5. The lowest BCUT2D eigenvalue weighted by Crippen LogP contribution is -2.28. The first-order valence-corrected chi connectivity index (χ1v) is 11.6. The van der Waals surface area contributed by atoms with Gasteiger partial charge in [0.15, 0.2) is 5.76 Å². The van der Waals surface area contributed by atoms with Crippen molar-refractivity contribution in [3.8, 4) is 11.3 Å². The zero-order valence-electron chi connectivity index (χ0n) is 16.1. The van der Waals surface area contributed by atoms with Crippen molar-refractivity contribution in [1.82, 2.24) is 9.29 Å². The molecule has 1 amide bonds. The van der Waals surface area contributed by atoms with Crippen LogP contribution in [-0.2, 0) is 10.0 Å². The van der Waals surface area contributed by atoms with Crippen LogP contribution >= 0.6 is 11.3 Å². The fourth-order valence-corrected chi connectivity index (χ4v) is 5.65. The van der Waals surface area contributed by atoms with Crippen LogP contribution in [0.2, 0.25) is 0 Å². The van der Waals surface area contributed by atoms with E-state index in [1.807, 2.05) is 30.5 Å². The van der Waals surface area contributed by atoms with Crippen LogP contribution in [-0.4, -0.2) is 36.7 Å². The lowest BCUT2D eigenvalue weighted by molar-refractivity contribution is 0.0995. The average Bonchev–Trinajstić information content (AvgIpc) is 3.42. The number of hydrogen-bond acceptors (Lipinski definition) is 6. The lowest BCUT2D eigenvalue weighted by atomic mass is 10.1. The van der Waals surface area contributed by atoms with E-state index in [1.165, 1.54) is 10.4 Å². The van der Waals surface area contributed by atoms with Crippen molar-refractivity contribution in [3.63, 3.8) is 0 Å². The summed E-state index contributed by atoms with van der Waals surface area (Å²) in [7, 11) is -3.64. The highest BCUT2D eigenvalue weighted by Gasteiger charge is 2.31. The van der Waals surface area contributed by atoms with Gasteiger partial charge in [0, 0.05) is 35.8 Å². The summed E-state index contributed by atoms with van der Waals surface area (Å²) >= 11 is 1.56. The van der Waals surface area contributed by atoms with Crippen molar-refractivity contribution in [3.05, 3.63) is 52.2 Å². The predicted octanol–water partition coefficient (Wildman–Crippen LogP) is 4.06. The SMILES string of the molecule is Cc1nc(-c2cccc(NC(=O)c3cc(S(=O)(=O)N4CCCC4)c(C)o3)c2)cs1. The van der Waals surface area contributed by atoms with E-state index in [2.05, 4.69) is 10.3 Å². The van der Waals surface area contributed by atoms with Crippen LogP contribution in [0, 0.1) is 13.8 Å². The smallest absolute Gasteiger partial charge is 0.291 e. The van der Waals surface area contributed by atoms with Crippen LogP contribution in [0.5, 0.6) is 0 Å². The second-order valence-electron chi connectivity index (χ2n) is 6.93. The van der Waals surface area contributed by atoms with Crippen LogP contribution in [0.15, 0.2) is 45.0 Å². The normalized spacial score (nSPS) is 15.0. The number of nitrogens with zero attached hydrogens (tertiary/aromatic N) is 2. The molecule has 2 aromatic heterocycles. The van der Waals surface area contributed by atoms with Gasteiger partial charge >= 0.3 is 0 Å². The zero-order valence-corrected chi connectivity index (χ0v) is 17.8. The Kier molecular flexibility index (Phi) is 5.28. The number of nitrogens with one attached hydrogen (secondary N) is 1. The summed E-state index contributed by atoms with van der Waals surface area (Å²) in [6, 6.07) is 8.65. The quantitative estimate of drug-likeness (QED) is 0.658. The van der Waals surface area contributed by atoms with Gasteiger partial charge in [0.25, 0.3) is 5.91 Å². The number of aryl methyl sites for hydroxylation is 2. The van der Waals surface area contributed by atoms with Gasteiger partial charge < -0.3 is 9.73 Å². The third-order valence-electron chi connectivity index (χ3n) is 4.81. The topological polar surface area (TPSA) is 92.5 Å². The number of amides is 1. The van der Waals surface area contributed by atoms with Gasteiger partial charge in [-0.15, -0.1) is 11.3 Å². The Labute approximate surface area is 173 Å². The number of carbonyl (C=O) groups is 1. The molecule has 7 nitrogen and oxygen atoms in total. The van der Waals surface area contributed by atoms with Gasteiger partial charge in [0.1, 0.15) is 10.7 Å². The molecular formula is C20H21N3O4S2. The maximum atomic E-state index is 12.8. The Balaban J connectivity index is 1.55. The third-order valence-corrected chi connectivity index (χ3v) is 7.59. The highest BCUT2D eigenvalue weighted by atomic mass is 32.2. The summed E-state index contributed by atoms with van der Waals surface area (Å²) < 4.78 is 32.5. The van der Waals surface area contributed by atoms with E-state index in [0.717, 1.165) is 29.1 Å². The summed E-state index contributed by atoms with van der Waals surface area (Å²) in [5.41, 5.74) is 2.31. The molecule has 4 rings (SSSR count). The van der Waals surface area contributed by atoms with Crippen LogP contribution in [0.4, 0.5) is 5.69 Å². The molecule has 29 heavy (non-hydrogen) atoms. The molecule has 9 heteroatoms. The first kappa shape index (κ1) is 19.8. The van der Waals surface area contributed by atoms with E-state index in [4.69, 9.17) is 4.42 Å². The molecule has 0 radical (unpaired) electrons. The van der Waals surface area contributed by atoms with Crippen molar-refractivity contribution in [2.45, 2.75) is 31.6 Å². The van der Waals surface area contributed by atoms with E-state index >= 15 is 0 Å². The molecule has 1 N–H and O–H groups in total. The fraction of sp³-hybridized carbons (Fsp3) is 0.300. The molecule has 1 aromatic carbocycles. The molecule has 1 aliphatic heterocycles. The number of benzene rings is 1. The Morgan fingerprint density at radius 1 is 1.21 bits per heavy atom. The maximum Gasteiger partial charge on any atom is 0.291 e. The third kappa shape index (κ3) is 3.98. The minimum atomic E-state index is -3.64. The maximum absolute atomic E-state index is 12.8. The number of hydrogen-bond donors (Lipinski definition) is 1. The predicted molar refractivity (Wildman–Crippen MR) is 112 cm³/mol. The molecule has 0 unspecified atom stereocenters. The fourth-order valence-electron chi connectivity index (χ4n) is 3.35. The van der Waals surface area contributed by atoms with Crippen molar-refractivity contribution in [2.75, 3.05) is 18.4 Å². The molecule has 3 heterocycles. The van der Waals surface area contributed by atoms with Gasteiger partial charge in [0.2, 0.25) is 10.0 Å². The molecule has 0 saturated carbocycles. The number of aromatic nitrogens is 1. The summed E-state index contributed by atoms with van der Waals surface area (Å²) in [6.07, 6.45) is 1.69. The van der Waals surface area contributed by atoms with Gasteiger partial charge in [-0.05, 0) is 38.8 Å². The van der Waals surface area contributed by atoms with Gasteiger partial charge in [0.05, 0.1) is 10.7 Å². The van der Waals surface area contributed by atoms with E-state index in [1.54, 1.807) is 24.3 Å². The van der Waals surface area contributed by atoms with E-state index in [-0.39, 0.29) is 16.4 Å². The minimum Gasteiger partial charge on any atom is -0.455 e. The molecule has 1 saturated heterocycles. The molecule has 1 aliphatic rings. The van der Waals surface area contributed by atoms with Crippen molar-refractivity contribution in [1.29, 1.82) is 0 Å². The first-order valence-electron chi connectivity index (χ1n) is 9.29. The largest absolute Gasteiger partial charge is 0.455 e. The monoisotopic (exact) mass is 431 g/mol. The van der Waals surface area contributed by atoms with Crippen molar-refractivity contribution < 1.29 is 17.6 Å². The Bertz CT molecular complexity index is 1160. The number of anilines is 1. The number of thiazole rings is 1. The number of carbonyl (C=O) groups excluding carboxylic acids is 1. The summed E-state index contributed by atoms with van der Waals surface area (Å²) in [4.78, 5) is 17.2. The molecule has 0 spiro atoms. The molecule has 1 fully saturated rings. The Hall–Kier alpha value is -2.49. The van der Waals surface area contributed by atoms with Crippen LogP contribution in [0.1, 0.15) is 34.2 Å². The van der Waals surface area contributed by atoms with Gasteiger partial charge in [-0.3, -0.25) is 4.79 Å². The van der Waals surface area contributed by atoms with Gasteiger partial charge in [-0.1, -0.05) is 12.1 Å². The molecular weight excluding hydrogens is 410 g/mol. The second-order valence-corrected chi connectivity index (χ2v) is 9.90. The zero-order chi connectivity index (χ0) is 20.6. The van der Waals surface area contributed by atoms with E-state index in [0.29, 0.717) is 18.8 Å². The van der Waals surface area contributed by atoms with Crippen molar-refractivity contribution in [2.24, 2.45) is 0 Å². The van der Waals surface area contributed by atoms with Crippen LogP contribution in [0.3, 0.4) is 0 Å². The van der Waals surface area contributed by atoms with Crippen molar-refractivity contribution >= 4 is 33.0 Å². The lowest BCUT2D eigenvalue weighted by Gasteiger charge is -2.14. The summed E-state index contributed by atoms with van der Waals surface area (Å²) in [5, 5.41) is 5.70. The van der Waals surface area contributed by atoms with E-state index in [9.17, 15) is 13.2 Å². The van der Waals surface area contributed by atoms with Crippen LogP contribution in [0.25, 0.3) is 11.3 Å². The Morgan fingerprint density at radius 3 is 2.66 bits per heavy atom. The summed E-state index contributed by atoms with van der Waals surface area (Å²) in [6.45, 7) is 4.49. The standard InChI is InChI=1S/C20H21N3O4S2/c1-13-19(29(25,26)23-8-3-4-9-23)11-18(27-13)20(24)22-16-7-5-6-15(10-16)17-12-28-14(2)21-17/h5-7,10-12H,3-4,8-9H2,1-2H3,(H,22,24). The highest BCUT2D eigenvalue weighted by Crippen LogP contribution is 2.28. The van der Waals surface area contributed by atoms with E-state index < -0.39 is 15.9 Å². The Morgan fingerprint density at radius 2 is 1.97 bits per heavy atom. The molecule has 3 aromatic rings. The first-order chi connectivity index (χ1) is 13.8. The second kappa shape index (κ2) is 7.74. The van der Waals surface area contributed by atoms with Gasteiger partial charge in [-0.25, -0.2) is 13.4 Å². The summed E-state index contributed by atoms with van der Waals surface area (Å²) in [5.74, 6) is -0.313. The minimum absolute atomic E-state index is 0.0322. The molecule has 0 atom stereocenters.